The zero-order valence-electron chi connectivity index (χ0n) is 12.2. The van der Waals surface area contributed by atoms with Gasteiger partial charge in [0.25, 0.3) is 5.91 Å². The molecule has 0 aliphatic heterocycles. The fourth-order valence-corrected chi connectivity index (χ4v) is 2.06. The van der Waals surface area contributed by atoms with Gasteiger partial charge in [0.1, 0.15) is 11.3 Å². The number of hydroxylamine groups is 1. The summed E-state index contributed by atoms with van der Waals surface area (Å²) in [7, 11) is 0. The van der Waals surface area contributed by atoms with Crippen LogP contribution in [0.3, 0.4) is 0 Å². The van der Waals surface area contributed by atoms with Gasteiger partial charge >= 0.3 is 0 Å². The number of nitrogens with zero attached hydrogens (tertiary/aromatic N) is 1. The number of oxazole rings is 1. The Morgan fingerprint density at radius 1 is 1.35 bits per heavy atom. The van der Waals surface area contributed by atoms with Crippen LogP contribution in [-0.4, -0.2) is 22.6 Å². The van der Waals surface area contributed by atoms with Crippen molar-refractivity contribution in [3.05, 3.63) is 60.7 Å². The van der Waals surface area contributed by atoms with Gasteiger partial charge in [-0.1, -0.05) is 18.2 Å². The standard InChI is InChI=1S/C17H14N2O4/c1-2-9-22-19-16(21)11-7-8-15-13(10-11)18-17(23-15)12-5-3-4-6-14(12)20/h2-8,10,20H,1,9H2,(H,19,21). The van der Waals surface area contributed by atoms with Crippen LogP contribution in [0, 0.1) is 0 Å². The quantitative estimate of drug-likeness (QED) is 0.430. The van der Waals surface area contributed by atoms with Gasteiger partial charge in [-0.25, -0.2) is 10.5 Å². The minimum Gasteiger partial charge on any atom is -0.507 e. The van der Waals surface area contributed by atoms with Crippen LogP contribution in [0.25, 0.3) is 22.6 Å². The SMILES string of the molecule is C=CCONC(=O)c1ccc2oc(-c3ccccc3O)nc2c1. The van der Waals surface area contributed by atoms with E-state index in [2.05, 4.69) is 17.0 Å². The highest BCUT2D eigenvalue weighted by atomic mass is 16.6. The van der Waals surface area contributed by atoms with Crippen molar-refractivity contribution in [2.75, 3.05) is 6.61 Å². The van der Waals surface area contributed by atoms with Crippen LogP contribution in [0.1, 0.15) is 10.4 Å². The number of nitrogens with one attached hydrogen (secondary N) is 1. The first-order chi connectivity index (χ1) is 11.2. The molecule has 0 fully saturated rings. The van der Waals surface area contributed by atoms with E-state index in [0.717, 1.165) is 0 Å². The summed E-state index contributed by atoms with van der Waals surface area (Å²) in [6.07, 6.45) is 1.53. The van der Waals surface area contributed by atoms with Crippen LogP contribution in [0.4, 0.5) is 0 Å². The molecule has 0 saturated heterocycles. The second-order valence-electron chi connectivity index (χ2n) is 4.75. The molecule has 0 aliphatic rings. The maximum atomic E-state index is 11.9. The number of phenols is 1. The van der Waals surface area contributed by atoms with Gasteiger partial charge in [-0.2, -0.15) is 0 Å². The van der Waals surface area contributed by atoms with Gasteiger partial charge in [-0.3, -0.25) is 9.63 Å². The van der Waals surface area contributed by atoms with E-state index in [-0.39, 0.29) is 18.3 Å². The summed E-state index contributed by atoms with van der Waals surface area (Å²) in [5, 5.41) is 9.86. The molecule has 6 nitrogen and oxygen atoms in total. The molecule has 23 heavy (non-hydrogen) atoms. The van der Waals surface area contributed by atoms with E-state index in [4.69, 9.17) is 9.25 Å². The summed E-state index contributed by atoms with van der Waals surface area (Å²) in [6, 6.07) is 11.6. The molecule has 116 valence electrons. The fraction of sp³-hybridized carbons (Fsp3) is 0.0588. The molecule has 0 radical (unpaired) electrons. The minimum atomic E-state index is -0.388. The Labute approximate surface area is 132 Å². The summed E-state index contributed by atoms with van der Waals surface area (Å²) in [4.78, 5) is 21.2. The number of aromatic hydroxyl groups is 1. The Hall–Kier alpha value is -3.12. The van der Waals surface area contributed by atoms with Crippen molar-refractivity contribution in [1.82, 2.24) is 10.5 Å². The number of fused-ring (bicyclic) bond motifs is 1. The fourth-order valence-electron chi connectivity index (χ4n) is 2.06. The molecule has 0 unspecified atom stereocenters. The molecule has 3 rings (SSSR count). The van der Waals surface area contributed by atoms with Crippen molar-refractivity contribution in [1.29, 1.82) is 0 Å². The van der Waals surface area contributed by atoms with E-state index in [9.17, 15) is 9.90 Å². The number of rotatable bonds is 5. The van der Waals surface area contributed by atoms with Crippen molar-refractivity contribution in [2.45, 2.75) is 0 Å². The van der Waals surface area contributed by atoms with Crippen molar-refractivity contribution in [2.24, 2.45) is 0 Å². The zero-order valence-corrected chi connectivity index (χ0v) is 12.2. The second-order valence-corrected chi connectivity index (χ2v) is 4.75. The Morgan fingerprint density at radius 2 is 2.17 bits per heavy atom. The summed E-state index contributed by atoms with van der Waals surface area (Å²) in [5.41, 5.74) is 4.21. The Morgan fingerprint density at radius 3 is 2.96 bits per heavy atom. The molecule has 0 aliphatic carbocycles. The highest BCUT2D eigenvalue weighted by molar-refractivity contribution is 5.96. The first-order valence-electron chi connectivity index (χ1n) is 6.91. The van der Waals surface area contributed by atoms with Crippen molar-refractivity contribution >= 4 is 17.0 Å². The number of carbonyl (C=O) groups is 1. The lowest BCUT2D eigenvalue weighted by atomic mass is 10.2. The van der Waals surface area contributed by atoms with E-state index < -0.39 is 0 Å². The van der Waals surface area contributed by atoms with Gasteiger partial charge < -0.3 is 9.52 Å². The highest BCUT2D eigenvalue weighted by Gasteiger charge is 2.14. The first kappa shape index (κ1) is 14.8. The van der Waals surface area contributed by atoms with Crippen LogP contribution >= 0.6 is 0 Å². The molecular weight excluding hydrogens is 296 g/mol. The number of hydrogen-bond acceptors (Lipinski definition) is 5. The molecule has 1 heterocycles. The van der Waals surface area contributed by atoms with Gasteiger partial charge in [0.05, 0.1) is 12.2 Å². The Balaban J connectivity index is 1.91. The molecule has 0 spiro atoms. The highest BCUT2D eigenvalue weighted by Crippen LogP contribution is 2.30. The van der Waals surface area contributed by atoms with Crippen molar-refractivity contribution < 1.29 is 19.2 Å². The third-order valence-electron chi connectivity index (χ3n) is 3.15. The summed E-state index contributed by atoms with van der Waals surface area (Å²) >= 11 is 0. The minimum absolute atomic E-state index is 0.0786. The molecule has 0 atom stereocenters. The number of carbonyl (C=O) groups excluding carboxylic acids is 1. The number of phenolic OH excluding ortho intramolecular Hbond substituents is 1. The molecule has 2 aromatic carbocycles. The van der Waals surface area contributed by atoms with E-state index >= 15 is 0 Å². The maximum Gasteiger partial charge on any atom is 0.274 e. The molecule has 6 heteroatoms. The summed E-state index contributed by atoms with van der Waals surface area (Å²) in [5.74, 6) is -0.0192. The average molecular weight is 310 g/mol. The van der Waals surface area contributed by atoms with Crippen molar-refractivity contribution in [3.63, 3.8) is 0 Å². The van der Waals surface area contributed by atoms with Gasteiger partial charge in [-0.05, 0) is 30.3 Å². The van der Waals surface area contributed by atoms with E-state index in [1.54, 1.807) is 42.5 Å². The normalized spacial score (nSPS) is 10.6. The van der Waals surface area contributed by atoms with Gasteiger partial charge in [0, 0.05) is 5.56 Å². The number of benzene rings is 2. The molecule has 1 aromatic heterocycles. The van der Waals surface area contributed by atoms with Crippen LogP contribution in [0.5, 0.6) is 5.75 Å². The number of hydrogen-bond donors (Lipinski definition) is 2. The third-order valence-corrected chi connectivity index (χ3v) is 3.15. The lowest BCUT2D eigenvalue weighted by molar-refractivity contribution is 0.0422. The van der Waals surface area contributed by atoms with Gasteiger partial charge in [0.15, 0.2) is 5.58 Å². The molecule has 2 N–H and O–H groups in total. The number of para-hydroxylation sites is 1. The zero-order chi connectivity index (χ0) is 16.2. The first-order valence-corrected chi connectivity index (χ1v) is 6.91. The Bertz CT molecular complexity index is 870. The van der Waals surface area contributed by atoms with Gasteiger partial charge in [0.2, 0.25) is 5.89 Å². The maximum absolute atomic E-state index is 11.9. The van der Waals surface area contributed by atoms with Crippen LogP contribution < -0.4 is 5.48 Å². The molecule has 0 saturated carbocycles. The predicted molar refractivity (Wildman–Crippen MR) is 84.7 cm³/mol. The molecule has 3 aromatic rings. The lowest BCUT2D eigenvalue weighted by Gasteiger charge is -2.03. The monoisotopic (exact) mass is 310 g/mol. The lowest BCUT2D eigenvalue weighted by Crippen LogP contribution is -2.23. The predicted octanol–water partition coefficient (Wildman–Crippen LogP) is 3.05. The summed E-state index contributed by atoms with van der Waals surface area (Å²) < 4.78 is 5.62. The topological polar surface area (TPSA) is 84.6 Å². The van der Waals surface area contributed by atoms with Gasteiger partial charge in [-0.15, -0.1) is 6.58 Å². The smallest absolute Gasteiger partial charge is 0.274 e. The van der Waals surface area contributed by atoms with Crippen LogP contribution in [0.2, 0.25) is 0 Å². The second kappa shape index (κ2) is 6.33. The molecule has 0 bridgehead atoms. The van der Waals surface area contributed by atoms with Crippen molar-refractivity contribution in [3.8, 4) is 17.2 Å². The van der Waals surface area contributed by atoms with E-state index in [1.807, 2.05) is 0 Å². The van der Waals surface area contributed by atoms with Crippen LogP contribution in [-0.2, 0) is 4.84 Å². The number of amides is 1. The molecule has 1 amide bonds. The van der Waals surface area contributed by atoms with Crippen LogP contribution in [0.15, 0.2) is 59.5 Å². The summed E-state index contributed by atoms with van der Waals surface area (Å²) in [6.45, 7) is 3.71. The van der Waals surface area contributed by atoms with E-state index in [1.165, 1.54) is 6.08 Å². The Kier molecular flexibility index (Phi) is 4.07. The third kappa shape index (κ3) is 3.07. The largest absolute Gasteiger partial charge is 0.507 e. The number of aromatic nitrogens is 1. The van der Waals surface area contributed by atoms with E-state index in [0.29, 0.717) is 28.1 Å². The molecular formula is C17H14N2O4. The average Bonchev–Trinajstić information content (AvgIpc) is 2.98.